The van der Waals surface area contributed by atoms with Crippen LogP contribution in [0, 0.1) is 6.01 Å². The molecule has 6 rings (SSSR count). The smallest absolute Gasteiger partial charge is 0.278 e. The van der Waals surface area contributed by atoms with Crippen molar-refractivity contribution in [3.8, 4) is 11.3 Å². The summed E-state index contributed by atoms with van der Waals surface area (Å²) in [7, 11) is 0. The van der Waals surface area contributed by atoms with Gasteiger partial charge in [-0.05, 0) is 49.3 Å². The number of nitrogens with zero attached hydrogens (tertiary/aromatic N) is 1. The number of amides is 1. The van der Waals surface area contributed by atoms with Crippen LogP contribution in [0.25, 0.3) is 22.2 Å². The zero-order valence-corrected chi connectivity index (χ0v) is 17.3. The molecular weight excluding hydrogens is 383 g/mol. The molecular formula is C24H27FN2O3. The number of carbonyl (C=O) groups excluding carboxylic acids is 1. The molecule has 5 nitrogen and oxygen atoms in total. The van der Waals surface area contributed by atoms with Gasteiger partial charge in [0.1, 0.15) is 5.76 Å². The standard InChI is InChI=1S/C24H27FN2O3/c1-3-15-10-24(29)11-16(12-24)27(15)22(28)9-14(2)18-13-26-19-6-4-5-17(23(18)19)20-7-8-21(25)30-20/h4-8,13-16,26,29H,3,9-12H2,1-2H3. The Morgan fingerprint density at radius 2 is 2.13 bits per heavy atom. The molecule has 2 aromatic heterocycles. The van der Waals surface area contributed by atoms with Gasteiger partial charge in [0.2, 0.25) is 5.91 Å². The molecule has 1 amide bonds. The van der Waals surface area contributed by atoms with Gasteiger partial charge in [-0.15, -0.1) is 0 Å². The number of aromatic nitrogens is 1. The largest absolute Gasteiger partial charge is 0.431 e. The topological polar surface area (TPSA) is 69.5 Å². The zero-order chi connectivity index (χ0) is 21.0. The molecule has 1 aliphatic carbocycles. The summed E-state index contributed by atoms with van der Waals surface area (Å²) in [4.78, 5) is 18.6. The molecule has 6 heteroatoms. The Hall–Kier alpha value is -2.60. The molecule has 2 saturated heterocycles. The van der Waals surface area contributed by atoms with Crippen LogP contribution >= 0.6 is 0 Å². The highest BCUT2D eigenvalue weighted by Crippen LogP contribution is 2.47. The van der Waals surface area contributed by atoms with Gasteiger partial charge in [0, 0.05) is 47.2 Å². The summed E-state index contributed by atoms with van der Waals surface area (Å²) >= 11 is 0. The van der Waals surface area contributed by atoms with Crippen LogP contribution < -0.4 is 0 Å². The van der Waals surface area contributed by atoms with Gasteiger partial charge >= 0.3 is 0 Å². The molecule has 2 N–H and O–H groups in total. The predicted molar refractivity (Wildman–Crippen MR) is 113 cm³/mol. The molecule has 3 aromatic rings. The van der Waals surface area contributed by atoms with E-state index in [4.69, 9.17) is 4.42 Å². The number of furan rings is 1. The van der Waals surface area contributed by atoms with E-state index in [1.165, 1.54) is 6.07 Å². The maximum absolute atomic E-state index is 13.5. The molecule has 3 fully saturated rings. The molecule has 30 heavy (non-hydrogen) atoms. The maximum atomic E-state index is 13.5. The quantitative estimate of drug-likeness (QED) is 0.624. The van der Waals surface area contributed by atoms with E-state index >= 15 is 0 Å². The highest BCUT2D eigenvalue weighted by Gasteiger charge is 2.54. The number of carbonyl (C=O) groups is 1. The van der Waals surface area contributed by atoms with Crippen molar-refractivity contribution < 1.29 is 18.7 Å². The van der Waals surface area contributed by atoms with E-state index in [2.05, 4.69) is 18.8 Å². The minimum Gasteiger partial charge on any atom is -0.431 e. The van der Waals surface area contributed by atoms with Crippen molar-refractivity contribution in [1.82, 2.24) is 9.88 Å². The predicted octanol–water partition coefficient (Wildman–Crippen LogP) is 4.97. The first-order valence-corrected chi connectivity index (χ1v) is 10.8. The van der Waals surface area contributed by atoms with Crippen LogP contribution in [0.15, 0.2) is 40.9 Å². The van der Waals surface area contributed by atoms with Crippen LogP contribution in [-0.2, 0) is 4.79 Å². The Kier molecular flexibility index (Phi) is 4.51. The lowest BCUT2D eigenvalue weighted by Crippen LogP contribution is -2.67. The molecule has 4 heterocycles. The van der Waals surface area contributed by atoms with Crippen LogP contribution in [0.1, 0.15) is 57.4 Å². The fourth-order valence-corrected chi connectivity index (χ4v) is 5.51. The number of hydrogen-bond acceptors (Lipinski definition) is 3. The summed E-state index contributed by atoms with van der Waals surface area (Å²) < 4.78 is 18.7. The van der Waals surface area contributed by atoms with Crippen LogP contribution in [0.5, 0.6) is 0 Å². The van der Waals surface area contributed by atoms with E-state index in [0.29, 0.717) is 31.4 Å². The molecule has 3 aliphatic rings. The Labute approximate surface area is 174 Å². The third-order valence-corrected chi connectivity index (χ3v) is 6.98. The van der Waals surface area contributed by atoms with E-state index in [9.17, 15) is 14.3 Å². The van der Waals surface area contributed by atoms with Crippen molar-refractivity contribution in [3.05, 3.63) is 48.1 Å². The first-order chi connectivity index (χ1) is 14.4. The van der Waals surface area contributed by atoms with Gasteiger partial charge in [-0.1, -0.05) is 26.0 Å². The fraction of sp³-hybridized carbons (Fsp3) is 0.458. The van der Waals surface area contributed by atoms with Crippen molar-refractivity contribution in [2.45, 2.75) is 69.6 Å². The third-order valence-electron chi connectivity index (χ3n) is 6.98. The molecule has 1 saturated carbocycles. The molecule has 0 radical (unpaired) electrons. The third kappa shape index (κ3) is 3.05. The average molecular weight is 410 g/mol. The number of aliphatic hydroxyl groups is 1. The van der Waals surface area contributed by atoms with Crippen molar-refractivity contribution >= 4 is 16.8 Å². The highest BCUT2D eigenvalue weighted by atomic mass is 19.1. The number of hydrogen-bond donors (Lipinski definition) is 2. The van der Waals surface area contributed by atoms with Crippen LogP contribution in [0.3, 0.4) is 0 Å². The minimum atomic E-state index is -0.613. The molecule has 2 unspecified atom stereocenters. The SMILES string of the molecule is CCC1CC2(O)CC(C2)N1C(=O)CC(C)c1c[nH]c2cccc(-c3ccc(F)o3)c12. The number of H-pyrrole nitrogens is 1. The minimum absolute atomic E-state index is 0.00870. The molecule has 1 aromatic carbocycles. The van der Waals surface area contributed by atoms with E-state index in [1.54, 1.807) is 6.07 Å². The summed E-state index contributed by atoms with van der Waals surface area (Å²) in [5, 5.41) is 11.4. The number of piperidine rings is 2. The second kappa shape index (κ2) is 6.98. The summed E-state index contributed by atoms with van der Waals surface area (Å²) in [6.07, 6.45) is 5.29. The number of nitrogens with one attached hydrogen (secondary N) is 1. The summed E-state index contributed by atoms with van der Waals surface area (Å²) in [6.45, 7) is 4.14. The first kappa shape index (κ1) is 19.4. The number of rotatable bonds is 5. The van der Waals surface area contributed by atoms with Gasteiger partial charge in [0.25, 0.3) is 6.01 Å². The number of fused-ring (bicyclic) bond motifs is 3. The normalized spacial score (nSPS) is 26.6. The molecule has 158 valence electrons. The first-order valence-electron chi connectivity index (χ1n) is 10.8. The van der Waals surface area contributed by atoms with Crippen LogP contribution in [0.2, 0.25) is 0 Å². The Bertz CT molecular complexity index is 1100. The van der Waals surface area contributed by atoms with Crippen molar-refractivity contribution in [2.75, 3.05) is 0 Å². The molecule has 2 aliphatic heterocycles. The number of halogens is 1. The molecule has 2 atom stereocenters. The zero-order valence-electron chi connectivity index (χ0n) is 17.3. The van der Waals surface area contributed by atoms with Crippen molar-refractivity contribution in [2.24, 2.45) is 0 Å². The average Bonchev–Trinajstić information content (AvgIpc) is 3.32. The maximum Gasteiger partial charge on any atom is 0.278 e. The van der Waals surface area contributed by atoms with Gasteiger partial charge < -0.3 is 19.4 Å². The lowest BCUT2D eigenvalue weighted by Gasteiger charge is -2.58. The Balaban J connectivity index is 1.43. The highest BCUT2D eigenvalue weighted by molar-refractivity contribution is 5.97. The Morgan fingerprint density at radius 1 is 1.33 bits per heavy atom. The van der Waals surface area contributed by atoms with Gasteiger partial charge in [-0.25, -0.2) is 0 Å². The Morgan fingerprint density at radius 3 is 2.83 bits per heavy atom. The second-order valence-electron chi connectivity index (χ2n) is 9.03. The summed E-state index contributed by atoms with van der Waals surface area (Å²) in [5.74, 6) is 0.621. The fourth-order valence-electron chi connectivity index (χ4n) is 5.51. The second-order valence-corrected chi connectivity index (χ2v) is 9.03. The van der Waals surface area contributed by atoms with E-state index < -0.39 is 11.6 Å². The lowest BCUT2D eigenvalue weighted by molar-refractivity contribution is -0.178. The number of aromatic amines is 1. The van der Waals surface area contributed by atoms with Crippen molar-refractivity contribution in [3.63, 3.8) is 0 Å². The van der Waals surface area contributed by atoms with E-state index in [-0.39, 0.29) is 23.9 Å². The van der Waals surface area contributed by atoms with E-state index in [0.717, 1.165) is 28.5 Å². The van der Waals surface area contributed by atoms with Gasteiger partial charge in [-0.2, -0.15) is 4.39 Å². The number of benzene rings is 1. The van der Waals surface area contributed by atoms with E-state index in [1.807, 2.05) is 29.3 Å². The summed E-state index contributed by atoms with van der Waals surface area (Å²) in [5.41, 5.74) is 2.23. The van der Waals surface area contributed by atoms with Crippen molar-refractivity contribution in [1.29, 1.82) is 0 Å². The van der Waals surface area contributed by atoms with Gasteiger partial charge in [0.05, 0.1) is 5.60 Å². The van der Waals surface area contributed by atoms with Gasteiger partial charge in [0.15, 0.2) is 0 Å². The van der Waals surface area contributed by atoms with Gasteiger partial charge in [-0.3, -0.25) is 4.79 Å². The monoisotopic (exact) mass is 410 g/mol. The molecule has 0 spiro atoms. The van der Waals surface area contributed by atoms with Crippen LogP contribution in [-0.4, -0.2) is 38.6 Å². The summed E-state index contributed by atoms with van der Waals surface area (Å²) in [6, 6.07) is 8.42. The lowest BCUT2D eigenvalue weighted by atomic mass is 9.66. The molecule has 2 bridgehead atoms. The van der Waals surface area contributed by atoms with Crippen LogP contribution in [0.4, 0.5) is 4.39 Å².